The van der Waals surface area contributed by atoms with Crippen LogP contribution in [0.3, 0.4) is 0 Å². The van der Waals surface area contributed by atoms with E-state index in [1.165, 1.54) is 0 Å². The van der Waals surface area contributed by atoms with E-state index in [0.29, 0.717) is 6.61 Å². The number of ether oxygens (including phenoxy) is 1. The lowest BCUT2D eigenvalue weighted by molar-refractivity contribution is 0.0391. The van der Waals surface area contributed by atoms with Crippen molar-refractivity contribution in [3.8, 4) is 0 Å². The summed E-state index contributed by atoms with van der Waals surface area (Å²) in [6.07, 6.45) is 5.00. The highest BCUT2D eigenvalue weighted by atomic mass is 79.9. The molecule has 1 aromatic rings. The second kappa shape index (κ2) is 4.68. The minimum Gasteiger partial charge on any atom is -0.377 e. The highest BCUT2D eigenvalue weighted by Crippen LogP contribution is 2.13. The zero-order valence-corrected chi connectivity index (χ0v) is 9.14. The molecule has 0 saturated carbocycles. The van der Waals surface area contributed by atoms with Crippen LogP contribution < -0.4 is 5.43 Å². The molecule has 1 unspecified atom stereocenters. The highest BCUT2D eigenvalue weighted by molar-refractivity contribution is 9.09. The van der Waals surface area contributed by atoms with Crippen LogP contribution in [0.1, 0.15) is 0 Å². The van der Waals surface area contributed by atoms with Crippen molar-refractivity contribution in [2.45, 2.75) is 4.95 Å². The summed E-state index contributed by atoms with van der Waals surface area (Å²) < 4.78 is 5.29. The summed E-state index contributed by atoms with van der Waals surface area (Å²) in [7, 11) is 0. The molecule has 0 aliphatic carbocycles. The van der Waals surface area contributed by atoms with E-state index in [-0.39, 0.29) is 4.95 Å². The molecule has 5 nitrogen and oxygen atoms in total. The van der Waals surface area contributed by atoms with Gasteiger partial charge < -0.3 is 10.2 Å². The first kappa shape index (κ1) is 9.82. The molecule has 0 aromatic carbocycles. The molecule has 2 rings (SSSR count). The lowest BCUT2D eigenvalue weighted by Crippen LogP contribution is -2.45. The molecule has 0 spiro atoms. The number of alkyl halides is 1. The first-order chi connectivity index (χ1) is 6.86. The molecular formula is C8H11BrN4O. The molecule has 1 saturated heterocycles. The van der Waals surface area contributed by atoms with Crippen molar-refractivity contribution in [3.63, 3.8) is 0 Å². The molecule has 1 N–H and O–H groups in total. The number of hydrazine groups is 1. The molecule has 2 heterocycles. The maximum absolute atomic E-state index is 5.29. The van der Waals surface area contributed by atoms with E-state index in [0.717, 1.165) is 19.0 Å². The van der Waals surface area contributed by atoms with Crippen molar-refractivity contribution >= 4 is 21.7 Å². The van der Waals surface area contributed by atoms with E-state index in [4.69, 9.17) is 4.74 Å². The van der Waals surface area contributed by atoms with Gasteiger partial charge in [-0.25, -0.2) is 9.99 Å². The first-order valence-electron chi connectivity index (χ1n) is 4.37. The monoisotopic (exact) mass is 258 g/mol. The van der Waals surface area contributed by atoms with E-state index in [1.54, 1.807) is 18.6 Å². The van der Waals surface area contributed by atoms with Crippen molar-refractivity contribution in [2.75, 3.05) is 25.2 Å². The zero-order valence-electron chi connectivity index (χ0n) is 7.56. The Morgan fingerprint density at radius 1 is 1.57 bits per heavy atom. The number of nitrogens with one attached hydrogen (secondary N) is 1. The number of rotatable bonds is 2. The Bertz CT molecular complexity index is 284. The van der Waals surface area contributed by atoms with Crippen molar-refractivity contribution in [1.29, 1.82) is 0 Å². The lowest BCUT2D eigenvalue weighted by atomic mass is 10.5. The normalized spacial score (nSPS) is 23.4. The van der Waals surface area contributed by atoms with Crippen LogP contribution in [0, 0.1) is 0 Å². The third kappa shape index (κ3) is 2.40. The molecule has 1 aliphatic heterocycles. The summed E-state index contributed by atoms with van der Waals surface area (Å²) in [5, 5.41) is 2.04. The summed E-state index contributed by atoms with van der Waals surface area (Å²) in [5.74, 6) is 0.749. The second-order valence-corrected chi connectivity index (χ2v) is 3.96. The molecular weight excluding hydrogens is 248 g/mol. The number of aromatic nitrogens is 2. The van der Waals surface area contributed by atoms with Gasteiger partial charge in [0.25, 0.3) is 0 Å². The molecule has 1 fully saturated rings. The number of hydrogen-bond acceptors (Lipinski definition) is 5. The molecule has 0 radical (unpaired) electrons. The minimum atomic E-state index is 0.179. The highest BCUT2D eigenvalue weighted by Gasteiger charge is 2.20. The fourth-order valence-corrected chi connectivity index (χ4v) is 1.70. The number of morpholine rings is 1. The van der Waals surface area contributed by atoms with Gasteiger partial charge in [0.05, 0.1) is 19.4 Å². The quantitative estimate of drug-likeness (QED) is 0.630. The molecule has 0 bridgehead atoms. The topological polar surface area (TPSA) is 50.3 Å². The summed E-state index contributed by atoms with van der Waals surface area (Å²) >= 11 is 3.50. The van der Waals surface area contributed by atoms with E-state index >= 15 is 0 Å². The van der Waals surface area contributed by atoms with Crippen molar-refractivity contribution in [3.05, 3.63) is 18.6 Å². The van der Waals surface area contributed by atoms with Crippen LogP contribution in [-0.4, -0.2) is 39.7 Å². The summed E-state index contributed by atoms with van der Waals surface area (Å²) in [6, 6.07) is 0. The molecule has 14 heavy (non-hydrogen) atoms. The van der Waals surface area contributed by atoms with Gasteiger partial charge in [0.15, 0.2) is 5.82 Å². The van der Waals surface area contributed by atoms with Crippen LogP contribution in [0.5, 0.6) is 0 Å². The second-order valence-electron chi connectivity index (χ2n) is 2.91. The fraction of sp³-hybridized carbons (Fsp3) is 0.500. The van der Waals surface area contributed by atoms with Gasteiger partial charge in [-0.3, -0.25) is 4.98 Å². The molecule has 6 heteroatoms. The number of nitrogens with zero attached hydrogens (tertiary/aromatic N) is 3. The molecule has 1 atom stereocenters. The van der Waals surface area contributed by atoms with Crippen molar-refractivity contribution in [1.82, 2.24) is 15.0 Å². The van der Waals surface area contributed by atoms with Gasteiger partial charge in [-0.2, -0.15) is 0 Å². The van der Waals surface area contributed by atoms with Crippen LogP contribution in [-0.2, 0) is 4.74 Å². The Labute approximate surface area is 90.6 Å². The predicted molar refractivity (Wildman–Crippen MR) is 55.9 cm³/mol. The average molecular weight is 259 g/mol. The van der Waals surface area contributed by atoms with Crippen molar-refractivity contribution in [2.24, 2.45) is 0 Å². The van der Waals surface area contributed by atoms with Gasteiger partial charge >= 0.3 is 0 Å². The Morgan fingerprint density at radius 2 is 2.50 bits per heavy atom. The maximum Gasteiger partial charge on any atom is 0.158 e. The van der Waals surface area contributed by atoms with E-state index in [2.05, 4.69) is 31.3 Å². The fourth-order valence-electron chi connectivity index (χ4n) is 1.20. The SMILES string of the molecule is BrC1COCCN1Nc1cnccn1. The predicted octanol–water partition coefficient (Wildman–Crippen LogP) is 0.857. The third-order valence-electron chi connectivity index (χ3n) is 1.89. The Balaban J connectivity index is 1.96. The van der Waals surface area contributed by atoms with Gasteiger partial charge in [0, 0.05) is 18.9 Å². The van der Waals surface area contributed by atoms with Crippen LogP contribution in [0.25, 0.3) is 0 Å². The van der Waals surface area contributed by atoms with E-state index in [9.17, 15) is 0 Å². The smallest absolute Gasteiger partial charge is 0.158 e. The molecule has 1 aromatic heterocycles. The van der Waals surface area contributed by atoms with Crippen LogP contribution in [0.2, 0.25) is 0 Å². The van der Waals surface area contributed by atoms with Crippen LogP contribution in [0.4, 0.5) is 5.82 Å². The maximum atomic E-state index is 5.29. The summed E-state index contributed by atoms with van der Waals surface area (Å²) in [4.78, 5) is 8.29. The molecule has 76 valence electrons. The average Bonchev–Trinajstić information content (AvgIpc) is 2.23. The Hall–Kier alpha value is -0.720. The molecule has 0 amide bonds. The van der Waals surface area contributed by atoms with Crippen LogP contribution >= 0.6 is 15.9 Å². The van der Waals surface area contributed by atoms with E-state index < -0.39 is 0 Å². The van der Waals surface area contributed by atoms with Gasteiger partial charge in [-0.15, -0.1) is 0 Å². The lowest BCUT2D eigenvalue weighted by Gasteiger charge is -2.32. The number of anilines is 1. The minimum absolute atomic E-state index is 0.179. The number of halogens is 1. The van der Waals surface area contributed by atoms with Crippen molar-refractivity contribution < 1.29 is 4.74 Å². The number of hydrogen-bond donors (Lipinski definition) is 1. The van der Waals surface area contributed by atoms with Gasteiger partial charge in [-0.05, 0) is 0 Å². The Kier molecular flexibility index (Phi) is 3.28. The molecule has 1 aliphatic rings. The summed E-state index contributed by atoms with van der Waals surface area (Å²) in [5.41, 5.74) is 3.16. The largest absolute Gasteiger partial charge is 0.377 e. The summed E-state index contributed by atoms with van der Waals surface area (Å²) in [6.45, 7) is 2.23. The van der Waals surface area contributed by atoms with Gasteiger partial charge in [0.2, 0.25) is 0 Å². The zero-order chi connectivity index (χ0) is 9.80. The van der Waals surface area contributed by atoms with E-state index in [1.807, 2.05) is 5.01 Å². The standard InChI is InChI=1S/C8H11BrN4O/c9-7-6-14-4-3-13(7)12-8-5-10-1-2-11-8/h1-2,5,7H,3-4,6H2,(H,11,12). The third-order valence-corrected chi connectivity index (χ3v) is 2.65. The Morgan fingerprint density at radius 3 is 3.21 bits per heavy atom. The first-order valence-corrected chi connectivity index (χ1v) is 5.29. The van der Waals surface area contributed by atoms with Crippen LogP contribution in [0.15, 0.2) is 18.6 Å². The van der Waals surface area contributed by atoms with Gasteiger partial charge in [-0.1, -0.05) is 15.9 Å². The van der Waals surface area contributed by atoms with Gasteiger partial charge in [0.1, 0.15) is 4.95 Å².